The Morgan fingerprint density at radius 3 is 2.20 bits per heavy atom. The molecule has 0 radical (unpaired) electrons. The Labute approximate surface area is 145 Å². The minimum atomic E-state index is -1.82. The average Bonchev–Trinajstić information content (AvgIpc) is 2.63. The normalized spacial score (nSPS) is 9.48. The van der Waals surface area contributed by atoms with Crippen molar-refractivity contribution in [3.05, 3.63) is 60.2 Å². The van der Waals surface area contributed by atoms with Gasteiger partial charge in [0.25, 0.3) is 0 Å². The maximum atomic E-state index is 9.10. The van der Waals surface area contributed by atoms with Crippen molar-refractivity contribution in [3.8, 4) is 11.5 Å². The number of carboxylic acid groups (broad SMARTS) is 2. The Balaban J connectivity index is 0.000000450. The standard InChI is InChI=1S/C16H19NO2.C2H2O4/c1-18-15-8-5-9-16(12-15)19-11-10-17-13-14-6-3-2-4-7-14;3-1(4)2(5)6/h2-9,12,17H,10-11,13H2,1H3;(H,3,4)(H,5,6). The summed E-state index contributed by atoms with van der Waals surface area (Å²) in [5, 5.41) is 18.1. The van der Waals surface area contributed by atoms with E-state index in [0.29, 0.717) is 6.61 Å². The lowest BCUT2D eigenvalue weighted by Crippen LogP contribution is -2.20. The molecule has 0 fully saturated rings. The van der Waals surface area contributed by atoms with Crippen molar-refractivity contribution >= 4 is 11.9 Å². The zero-order chi connectivity index (χ0) is 18.5. The van der Waals surface area contributed by atoms with Gasteiger partial charge in [-0.15, -0.1) is 0 Å². The van der Waals surface area contributed by atoms with Crippen molar-refractivity contribution in [2.45, 2.75) is 6.54 Å². The second-order valence-corrected chi connectivity index (χ2v) is 4.80. The van der Waals surface area contributed by atoms with Crippen LogP contribution in [0.1, 0.15) is 5.56 Å². The Hall–Kier alpha value is -3.06. The molecule has 3 N–H and O–H groups in total. The van der Waals surface area contributed by atoms with Gasteiger partial charge in [-0.2, -0.15) is 0 Å². The molecular formula is C18H21NO6. The van der Waals surface area contributed by atoms with Crippen LogP contribution in [0, 0.1) is 0 Å². The highest BCUT2D eigenvalue weighted by Crippen LogP contribution is 2.18. The highest BCUT2D eigenvalue weighted by atomic mass is 16.5. The summed E-state index contributed by atoms with van der Waals surface area (Å²) in [6.07, 6.45) is 0. The van der Waals surface area contributed by atoms with E-state index in [-0.39, 0.29) is 0 Å². The number of benzene rings is 2. The molecule has 0 saturated carbocycles. The molecule has 0 saturated heterocycles. The first kappa shape index (κ1) is 20.0. The Morgan fingerprint density at radius 2 is 1.60 bits per heavy atom. The fraction of sp³-hybridized carbons (Fsp3) is 0.222. The monoisotopic (exact) mass is 347 g/mol. The third kappa shape index (κ3) is 8.97. The molecule has 0 spiro atoms. The summed E-state index contributed by atoms with van der Waals surface area (Å²) >= 11 is 0. The molecule has 2 aromatic rings. The number of carbonyl (C=O) groups is 2. The molecule has 0 atom stereocenters. The summed E-state index contributed by atoms with van der Waals surface area (Å²) < 4.78 is 10.8. The van der Waals surface area contributed by atoms with Crippen LogP contribution in [0.15, 0.2) is 54.6 Å². The highest BCUT2D eigenvalue weighted by molar-refractivity contribution is 6.27. The van der Waals surface area contributed by atoms with Gasteiger partial charge in [-0.3, -0.25) is 0 Å². The van der Waals surface area contributed by atoms with E-state index in [2.05, 4.69) is 17.4 Å². The number of ether oxygens (including phenoxy) is 2. The third-order valence-electron chi connectivity index (χ3n) is 2.94. The zero-order valence-electron chi connectivity index (χ0n) is 13.8. The van der Waals surface area contributed by atoms with Crippen LogP contribution in [0.25, 0.3) is 0 Å². The molecule has 25 heavy (non-hydrogen) atoms. The summed E-state index contributed by atoms with van der Waals surface area (Å²) in [5.41, 5.74) is 1.28. The summed E-state index contributed by atoms with van der Waals surface area (Å²) in [6.45, 7) is 2.31. The van der Waals surface area contributed by atoms with Crippen LogP contribution in [0.4, 0.5) is 0 Å². The number of nitrogens with one attached hydrogen (secondary N) is 1. The van der Waals surface area contributed by atoms with Gasteiger partial charge in [-0.25, -0.2) is 9.59 Å². The van der Waals surface area contributed by atoms with E-state index in [1.165, 1.54) is 5.56 Å². The van der Waals surface area contributed by atoms with Crippen molar-refractivity contribution < 1.29 is 29.3 Å². The van der Waals surface area contributed by atoms with Crippen LogP contribution in [0.5, 0.6) is 11.5 Å². The number of aliphatic carboxylic acids is 2. The molecule has 2 rings (SSSR count). The van der Waals surface area contributed by atoms with E-state index < -0.39 is 11.9 Å². The zero-order valence-corrected chi connectivity index (χ0v) is 13.8. The van der Waals surface area contributed by atoms with Crippen molar-refractivity contribution in [1.29, 1.82) is 0 Å². The number of carboxylic acids is 2. The molecule has 0 amide bonds. The molecule has 0 aliphatic rings. The SMILES string of the molecule is COc1cccc(OCCNCc2ccccc2)c1.O=C(O)C(=O)O. The maximum Gasteiger partial charge on any atom is 0.414 e. The van der Waals surface area contributed by atoms with E-state index in [9.17, 15) is 0 Å². The number of methoxy groups -OCH3 is 1. The van der Waals surface area contributed by atoms with Gasteiger partial charge in [0.15, 0.2) is 0 Å². The van der Waals surface area contributed by atoms with Crippen LogP contribution < -0.4 is 14.8 Å². The van der Waals surface area contributed by atoms with Gasteiger partial charge in [-0.05, 0) is 17.7 Å². The lowest BCUT2D eigenvalue weighted by atomic mass is 10.2. The summed E-state index contributed by atoms with van der Waals surface area (Å²) in [7, 11) is 1.65. The van der Waals surface area contributed by atoms with E-state index in [1.807, 2.05) is 42.5 Å². The first-order chi connectivity index (χ1) is 12.0. The van der Waals surface area contributed by atoms with Gasteiger partial charge in [0.2, 0.25) is 0 Å². The topological polar surface area (TPSA) is 105 Å². The number of hydrogen-bond acceptors (Lipinski definition) is 5. The first-order valence-electron chi connectivity index (χ1n) is 7.50. The summed E-state index contributed by atoms with van der Waals surface area (Å²) in [4.78, 5) is 18.2. The minimum absolute atomic E-state index is 0.639. The Kier molecular flexibility index (Phi) is 9.17. The smallest absolute Gasteiger partial charge is 0.414 e. The summed E-state index contributed by atoms with van der Waals surface area (Å²) in [5.74, 6) is -2.00. The Bertz CT molecular complexity index is 648. The molecule has 7 nitrogen and oxygen atoms in total. The quantitative estimate of drug-likeness (QED) is 0.520. The molecule has 0 aliphatic heterocycles. The molecule has 0 heterocycles. The highest BCUT2D eigenvalue weighted by Gasteiger charge is 2.04. The molecular weight excluding hydrogens is 326 g/mol. The second kappa shape index (κ2) is 11.5. The van der Waals surface area contributed by atoms with Crippen molar-refractivity contribution in [2.24, 2.45) is 0 Å². The molecule has 0 unspecified atom stereocenters. The van der Waals surface area contributed by atoms with E-state index >= 15 is 0 Å². The van der Waals surface area contributed by atoms with Crippen LogP contribution >= 0.6 is 0 Å². The second-order valence-electron chi connectivity index (χ2n) is 4.80. The lowest BCUT2D eigenvalue weighted by molar-refractivity contribution is -0.159. The van der Waals surface area contributed by atoms with Crippen LogP contribution in [-0.4, -0.2) is 42.4 Å². The molecule has 0 bridgehead atoms. The van der Waals surface area contributed by atoms with Gasteiger partial charge in [0, 0.05) is 19.2 Å². The largest absolute Gasteiger partial charge is 0.497 e. The number of rotatable bonds is 7. The molecule has 2 aromatic carbocycles. The van der Waals surface area contributed by atoms with Crippen LogP contribution in [-0.2, 0) is 16.1 Å². The number of hydrogen-bond donors (Lipinski definition) is 3. The summed E-state index contributed by atoms with van der Waals surface area (Å²) in [6, 6.07) is 18.0. The molecule has 134 valence electrons. The van der Waals surface area contributed by atoms with Gasteiger partial charge >= 0.3 is 11.9 Å². The van der Waals surface area contributed by atoms with Crippen LogP contribution in [0.3, 0.4) is 0 Å². The van der Waals surface area contributed by atoms with Crippen molar-refractivity contribution in [3.63, 3.8) is 0 Å². The lowest BCUT2D eigenvalue weighted by Gasteiger charge is -2.08. The molecule has 0 aliphatic carbocycles. The van der Waals surface area contributed by atoms with Gasteiger partial charge < -0.3 is 25.0 Å². The Morgan fingerprint density at radius 1 is 0.960 bits per heavy atom. The maximum absolute atomic E-state index is 9.10. The van der Waals surface area contributed by atoms with E-state index in [1.54, 1.807) is 7.11 Å². The molecule has 7 heteroatoms. The average molecular weight is 347 g/mol. The van der Waals surface area contributed by atoms with Gasteiger partial charge in [0.05, 0.1) is 7.11 Å². The minimum Gasteiger partial charge on any atom is -0.497 e. The van der Waals surface area contributed by atoms with E-state index in [4.69, 9.17) is 29.3 Å². The third-order valence-corrected chi connectivity index (χ3v) is 2.94. The predicted molar refractivity (Wildman–Crippen MR) is 91.9 cm³/mol. The predicted octanol–water partition coefficient (Wildman–Crippen LogP) is 2.02. The van der Waals surface area contributed by atoms with Gasteiger partial charge in [0.1, 0.15) is 18.1 Å². The first-order valence-corrected chi connectivity index (χ1v) is 7.50. The fourth-order valence-electron chi connectivity index (χ4n) is 1.76. The van der Waals surface area contributed by atoms with Crippen molar-refractivity contribution in [2.75, 3.05) is 20.3 Å². The van der Waals surface area contributed by atoms with Gasteiger partial charge in [-0.1, -0.05) is 36.4 Å². The van der Waals surface area contributed by atoms with Crippen molar-refractivity contribution in [1.82, 2.24) is 5.32 Å². The fourth-order valence-corrected chi connectivity index (χ4v) is 1.76. The van der Waals surface area contributed by atoms with E-state index in [0.717, 1.165) is 24.6 Å². The molecule has 0 aromatic heterocycles. The van der Waals surface area contributed by atoms with Crippen LogP contribution in [0.2, 0.25) is 0 Å².